The van der Waals surface area contributed by atoms with Crippen LogP contribution in [0, 0.1) is 10.6 Å². The molecule has 1 N–H and O–H groups in total. The van der Waals surface area contributed by atoms with E-state index < -0.39 is 0 Å². The van der Waals surface area contributed by atoms with Crippen molar-refractivity contribution in [1.29, 1.82) is 0 Å². The van der Waals surface area contributed by atoms with Gasteiger partial charge in [0, 0.05) is 11.8 Å². The highest BCUT2D eigenvalue weighted by Crippen LogP contribution is 2.37. The molecule has 1 atom stereocenters. The monoisotopic (exact) mass is 171 g/mol. The maximum atomic E-state index is 11.6. The van der Waals surface area contributed by atoms with E-state index in [2.05, 4.69) is 27.7 Å². The Labute approximate surface area is 75.5 Å². The molecule has 12 heavy (non-hydrogen) atoms. The lowest BCUT2D eigenvalue weighted by atomic mass is 9.78. The second-order valence-corrected chi connectivity index (χ2v) is 4.87. The molecule has 72 valence electrons. The zero-order valence-corrected chi connectivity index (χ0v) is 8.74. The summed E-state index contributed by atoms with van der Waals surface area (Å²) < 4.78 is 0. The summed E-state index contributed by atoms with van der Waals surface area (Å²) in [6, 6.07) is 0. The van der Waals surface area contributed by atoms with Gasteiger partial charge in [0.25, 0.3) is 0 Å². The fourth-order valence-electron chi connectivity index (χ4n) is 2.43. The third kappa shape index (κ3) is 1.50. The van der Waals surface area contributed by atoms with Crippen molar-refractivity contribution in [2.24, 2.45) is 5.41 Å². The smallest absolute Gasteiger partial charge is 0.0924 e. The van der Waals surface area contributed by atoms with E-state index in [1.54, 1.807) is 0 Å². The number of hydrogen-bond acceptors (Lipinski definition) is 1. The van der Waals surface area contributed by atoms with Crippen LogP contribution in [-0.2, 0) is 0 Å². The SMILES string of the molecule is CCC1(CC)C[NH+]([O-])C(C)(C)C1. The van der Waals surface area contributed by atoms with Crippen LogP contribution in [0.25, 0.3) is 0 Å². The van der Waals surface area contributed by atoms with Gasteiger partial charge in [0.05, 0.1) is 12.1 Å². The summed E-state index contributed by atoms with van der Waals surface area (Å²) in [6.07, 6.45) is 3.39. The minimum Gasteiger partial charge on any atom is -0.634 e. The van der Waals surface area contributed by atoms with Crippen molar-refractivity contribution in [3.8, 4) is 0 Å². The Morgan fingerprint density at radius 1 is 1.25 bits per heavy atom. The van der Waals surface area contributed by atoms with Gasteiger partial charge in [-0.25, -0.2) is 0 Å². The molecule has 0 amide bonds. The minimum atomic E-state index is -0.0496. The van der Waals surface area contributed by atoms with Gasteiger partial charge in [-0.2, -0.15) is 0 Å². The van der Waals surface area contributed by atoms with Crippen LogP contribution in [0.5, 0.6) is 0 Å². The predicted molar refractivity (Wildman–Crippen MR) is 50.9 cm³/mol. The second-order valence-electron chi connectivity index (χ2n) is 4.87. The number of nitrogens with one attached hydrogen (secondary N) is 1. The molecule has 0 aliphatic carbocycles. The molecule has 1 aliphatic heterocycles. The Morgan fingerprint density at radius 2 is 1.75 bits per heavy atom. The van der Waals surface area contributed by atoms with Gasteiger partial charge in [0.2, 0.25) is 0 Å². The molecular formula is C10H21NO. The lowest BCUT2D eigenvalue weighted by Gasteiger charge is -2.30. The van der Waals surface area contributed by atoms with Crippen molar-refractivity contribution >= 4 is 0 Å². The van der Waals surface area contributed by atoms with E-state index in [0.29, 0.717) is 10.5 Å². The van der Waals surface area contributed by atoms with E-state index in [4.69, 9.17) is 0 Å². The second kappa shape index (κ2) is 3.00. The van der Waals surface area contributed by atoms with Gasteiger partial charge >= 0.3 is 0 Å². The molecule has 1 heterocycles. The van der Waals surface area contributed by atoms with Crippen molar-refractivity contribution in [2.45, 2.75) is 52.5 Å². The van der Waals surface area contributed by atoms with Gasteiger partial charge in [-0.3, -0.25) is 0 Å². The van der Waals surface area contributed by atoms with Crippen LogP contribution in [0.15, 0.2) is 0 Å². The molecule has 0 radical (unpaired) electrons. The standard InChI is InChI=1S/C10H21NO/c1-5-10(6-2)7-9(3,4)11(12)8-10/h11H,5-8H2,1-4H3. The van der Waals surface area contributed by atoms with Gasteiger partial charge in [-0.1, -0.05) is 13.8 Å². The van der Waals surface area contributed by atoms with Crippen molar-refractivity contribution in [1.82, 2.24) is 0 Å². The van der Waals surface area contributed by atoms with Crippen LogP contribution in [0.4, 0.5) is 0 Å². The molecule has 0 saturated carbocycles. The molecule has 1 rings (SSSR count). The average Bonchev–Trinajstić information content (AvgIpc) is 2.24. The van der Waals surface area contributed by atoms with Crippen LogP contribution >= 0.6 is 0 Å². The first-order valence-corrected chi connectivity index (χ1v) is 4.99. The zero-order valence-electron chi connectivity index (χ0n) is 8.74. The molecule has 1 fully saturated rings. The molecular weight excluding hydrogens is 150 g/mol. The van der Waals surface area contributed by atoms with Crippen LogP contribution in [-0.4, -0.2) is 12.1 Å². The van der Waals surface area contributed by atoms with Gasteiger partial charge in [-0.05, 0) is 26.7 Å². The predicted octanol–water partition coefficient (Wildman–Crippen LogP) is 1.36. The quantitative estimate of drug-likeness (QED) is 0.624. The Hall–Kier alpha value is -0.0800. The van der Waals surface area contributed by atoms with Crippen LogP contribution in [0.1, 0.15) is 47.0 Å². The Bertz CT molecular complexity index is 161. The fraction of sp³-hybridized carbons (Fsp3) is 1.00. The lowest BCUT2D eigenvalue weighted by molar-refractivity contribution is -0.888. The maximum Gasteiger partial charge on any atom is 0.0924 e. The van der Waals surface area contributed by atoms with Gasteiger partial charge < -0.3 is 10.3 Å². The molecule has 1 saturated heterocycles. The summed E-state index contributed by atoms with van der Waals surface area (Å²) in [5.41, 5.74) is 0.284. The van der Waals surface area contributed by atoms with Crippen molar-refractivity contribution in [2.75, 3.05) is 6.54 Å². The highest BCUT2D eigenvalue weighted by atomic mass is 16.5. The number of rotatable bonds is 2. The zero-order chi connectivity index (χ0) is 9.41. The summed E-state index contributed by atoms with van der Waals surface area (Å²) in [6.45, 7) is 9.40. The normalized spacial score (nSPS) is 32.2. The van der Waals surface area contributed by atoms with E-state index in [0.717, 1.165) is 25.8 Å². The number of hydroxylamine groups is 2. The van der Waals surface area contributed by atoms with Crippen LogP contribution in [0.2, 0.25) is 0 Å². The number of quaternary nitrogens is 1. The third-order valence-corrected chi connectivity index (χ3v) is 3.61. The summed E-state index contributed by atoms with van der Waals surface area (Å²) in [5.74, 6) is 0. The molecule has 1 unspecified atom stereocenters. The molecule has 0 aromatic carbocycles. The van der Waals surface area contributed by atoms with Gasteiger partial charge in [0.15, 0.2) is 0 Å². The Morgan fingerprint density at radius 3 is 1.92 bits per heavy atom. The Kier molecular flexibility index (Phi) is 2.50. The first kappa shape index (κ1) is 10.0. The fourth-order valence-corrected chi connectivity index (χ4v) is 2.43. The van der Waals surface area contributed by atoms with Crippen LogP contribution in [0.3, 0.4) is 0 Å². The third-order valence-electron chi connectivity index (χ3n) is 3.61. The van der Waals surface area contributed by atoms with E-state index >= 15 is 0 Å². The molecule has 1 aliphatic rings. The number of hydrogen-bond donors (Lipinski definition) is 1. The first-order valence-electron chi connectivity index (χ1n) is 4.99. The van der Waals surface area contributed by atoms with E-state index in [1.165, 1.54) is 0 Å². The molecule has 0 bridgehead atoms. The largest absolute Gasteiger partial charge is 0.634 e. The van der Waals surface area contributed by atoms with Crippen molar-refractivity contribution in [3.05, 3.63) is 5.21 Å². The van der Waals surface area contributed by atoms with Crippen LogP contribution < -0.4 is 5.06 Å². The van der Waals surface area contributed by atoms with E-state index in [1.807, 2.05) is 0 Å². The molecule has 0 aromatic rings. The first-order chi connectivity index (χ1) is 5.46. The molecule has 0 spiro atoms. The van der Waals surface area contributed by atoms with Crippen molar-refractivity contribution in [3.63, 3.8) is 0 Å². The highest BCUT2D eigenvalue weighted by Gasteiger charge is 2.46. The topological polar surface area (TPSA) is 27.5 Å². The van der Waals surface area contributed by atoms with Gasteiger partial charge in [-0.15, -0.1) is 0 Å². The Balaban J connectivity index is 2.75. The molecule has 0 aromatic heterocycles. The average molecular weight is 171 g/mol. The summed E-state index contributed by atoms with van der Waals surface area (Å²) in [7, 11) is 0. The summed E-state index contributed by atoms with van der Waals surface area (Å²) in [5, 5.41) is 12.1. The summed E-state index contributed by atoms with van der Waals surface area (Å²) in [4.78, 5) is 0. The maximum absolute atomic E-state index is 11.6. The lowest BCUT2D eigenvalue weighted by Crippen LogP contribution is -3.13. The molecule has 2 nitrogen and oxygen atoms in total. The van der Waals surface area contributed by atoms with E-state index in [9.17, 15) is 5.21 Å². The highest BCUT2D eigenvalue weighted by molar-refractivity contribution is 4.89. The van der Waals surface area contributed by atoms with Gasteiger partial charge in [0.1, 0.15) is 0 Å². The molecule has 2 heteroatoms. The summed E-state index contributed by atoms with van der Waals surface area (Å²) >= 11 is 0. The minimum absolute atomic E-state index is 0.0496. The van der Waals surface area contributed by atoms with E-state index in [-0.39, 0.29) is 5.54 Å². The van der Waals surface area contributed by atoms with Crippen molar-refractivity contribution < 1.29 is 5.06 Å².